The molecule has 0 spiro atoms. The van der Waals surface area contributed by atoms with Crippen LogP contribution in [0.2, 0.25) is 0 Å². The number of nitrogens with zero attached hydrogens (tertiary/aromatic N) is 1. The Labute approximate surface area is 148 Å². The number of hydrogen-bond donors (Lipinski definition) is 2. The molecule has 1 rings (SSSR count). The molecule has 7 heteroatoms. The van der Waals surface area contributed by atoms with Gasteiger partial charge in [-0.15, -0.1) is 0 Å². The van der Waals surface area contributed by atoms with Crippen molar-refractivity contribution in [2.45, 2.75) is 26.7 Å². The van der Waals surface area contributed by atoms with E-state index in [1.807, 2.05) is 0 Å². The molecule has 2 N–H and O–H groups in total. The highest BCUT2D eigenvalue weighted by Gasteiger charge is 2.18. The van der Waals surface area contributed by atoms with E-state index < -0.39 is 17.8 Å². The number of anilines is 1. The molecule has 1 aromatic rings. The normalized spacial score (nSPS) is 10.4. The molecule has 0 atom stereocenters. The molecule has 0 aliphatic heterocycles. The van der Waals surface area contributed by atoms with Crippen LogP contribution in [-0.4, -0.2) is 56.0 Å². The lowest BCUT2D eigenvalue weighted by Crippen LogP contribution is -2.40. The predicted octanol–water partition coefficient (Wildman–Crippen LogP) is 1.65. The zero-order chi connectivity index (χ0) is 18.7. The van der Waals surface area contributed by atoms with Crippen LogP contribution in [0.3, 0.4) is 0 Å². The molecule has 0 fully saturated rings. The third-order valence-corrected chi connectivity index (χ3v) is 3.58. The minimum absolute atomic E-state index is 0.197. The topological polar surface area (TPSA) is 87.7 Å². The Hall–Kier alpha value is -2.41. The molecule has 0 heterocycles. The van der Waals surface area contributed by atoms with E-state index in [2.05, 4.69) is 34.1 Å². The van der Waals surface area contributed by atoms with Crippen molar-refractivity contribution < 1.29 is 19.1 Å². The second kappa shape index (κ2) is 11.2. The van der Waals surface area contributed by atoms with E-state index in [4.69, 9.17) is 0 Å². The molecule has 138 valence electrons. The molecule has 0 aliphatic rings. The molecule has 0 unspecified atom stereocenters. The van der Waals surface area contributed by atoms with Crippen LogP contribution in [0.15, 0.2) is 24.3 Å². The van der Waals surface area contributed by atoms with E-state index in [1.54, 1.807) is 18.2 Å². The number of carbonyl (C=O) groups is 3. The van der Waals surface area contributed by atoms with E-state index in [0.29, 0.717) is 13.1 Å². The summed E-state index contributed by atoms with van der Waals surface area (Å²) < 4.78 is 4.66. The van der Waals surface area contributed by atoms with Crippen molar-refractivity contribution in [3.05, 3.63) is 29.8 Å². The van der Waals surface area contributed by atoms with Crippen LogP contribution >= 0.6 is 0 Å². The Bertz CT molecular complexity index is 583. The van der Waals surface area contributed by atoms with Gasteiger partial charge in [0.05, 0.1) is 18.4 Å². The standard InChI is InChI=1S/C18H27N3O4/c1-4-11-21(12-5-2)13-10-19-16(22)17(23)20-15-9-7-6-8-14(15)18(24)25-3/h6-9H,4-5,10-13H2,1-3H3,(H,19,22)(H,20,23). The number of esters is 1. The summed E-state index contributed by atoms with van der Waals surface area (Å²) >= 11 is 0. The summed E-state index contributed by atoms with van der Waals surface area (Å²) in [5.41, 5.74) is 0.441. The van der Waals surface area contributed by atoms with Gasteiger partial charge in [0.15, 0.2) is 0 Å². The first-order valence-corrected chi connectivity index (χ1v) is 8.52. The van der Waals surface area contributed by atoms with Crippen LogP contribution in [0.1, 0.15) is 37.0 Å². The maximum absolute atomic E-state index is 12.0. The fraction of sp³-hybridized carbons (Fsp3) is 0.500. The molecule has 7 nitrogen and oxygen atoms in total. The van der Waals surface area contributed by atoms with Crippen molar-refractivity contribution in [3.8, 4) is 0 Å². The van der Waals surface area contributed by atoms with Gasteiger partial charge in [0, 0.05) is 13.1 Å². The van der Waals surface area contributed by atoms with Crippen LogP contribution in [0, 0.1) is 0 Å². The monoisotopic (exact) mass is 349 g/mol. The Morgan fingerprint density at radius 2 is 1.64 bits per heavy atom. The van der Waals surface area contributed by atoms with Crippen LogP contribution in [0.25, 0.3) is 0 Å². The van der Waals surface area contributed by atoms with E-state index in [1.165, 1.54) is 13.2 Å². The lowest BCUT2D eigenvalue weighted by atomic mass is 10.2. The summed E-state index contributed by atoms with van der Waals surface area (Å²) in [7, 11) is 1.26. The van der Waals surface area contributed by atoms with Crippen molar-refractivity contribution in [1.29, 1.82) is 0 Å². The second-order valence-electron chi connectivity index (χ2n) is 5.59. The van der Waals surface area contributed by atoms with Gasteiger partial charge in [0.2, 0.25) is 0 Å². The largest absolute Gasteiger partial charge is 0.465 e. The fourth-order valence-electron chi connectivity index (χ4n) is 2.43. The number of para-hydroxylation sites is 1. The van der Waals surface area contributed by atoms with Gasteiger partial charge in [-0.1, -0.05) is 26.0 Å². The van der Waals surface area contributed by atoms with Crippen molar-refractivity contribution >= 4 is 23.5 Å². The number of carbonyl (C=O) groups excluding carboxylic acids is 3. The third kappa shape index (κ3) is 6.93. The van der Waals surface area contributed by atoms with Gasteiger partial charge >= 0.3 is 17.8 Å². The van der Waals surface area contributed by atoms with Gasteiger partial charge in [-0.05, 0) is 38.1 Å². The summed E-state index contributed by atoms with van der Waals surface area (Å²) in [5.74, 6) is -2.12. The molecule has 2 amide bonds. The van der Waals surface area contributed by atoms with E-state index in [9.17, 15) is 14.4 Å². The zero-order valence-corrected chi connectivity index (χ0v) is 15.1. The van der Waals surface area contributed by atoms with Crippen molar-refractivity contribution in [3.63, 3.8) is 0 Å². The van der Waals surface area contributed by atoms with Crippen LogP contribution in [0.5, 0.6) is 0 Å². The zero-order valence-electron chi connectivity index (χ0n) is 15.1. The van der Waals surface area contributed by atoms with Gasteiger partial charge in [-0.3, -0.25) is 9.59 Å². The van der Waals surface area contributed by atoms with Gasteiger partial charge in [-0.25, -0.2) is 4.79 Å². The van der Waals surface area contributed by atoms with Crippen LogP contribution < -0.4 is 10.6 Å². The first-order valence-electron chi connectivity index (χ1n) is 8.52. The summed E-state index contributed by atoms with van der Waals surface area (Å²) in [6.07, 6.45) is 2.08. The molecule has 0 aliphatic carbocycles. The highest BCUT2D eigenvalue weighted by molar-refractivity contribution is 6.40. The van der Waals surface area contributed by atoms with E-state index in [0.717, 1.165) is 25.9 Å². The summed E-state index contributed by atoms with van der Waals surface area (Å²) in [6.45, 7) is 7.22. The highest BCUT2D eigenvalue weighted by atomic mass is 16.5. The fourth-order valence-corrected chi connectivity index (χ4v) is 2.43. The number of hydrogen-bond acceptors (Lipinski definition) is 5. The Morgan fingerprint density at radius 1 is 1.00 bits per heavy atom. The van der Waals surface area contributed by atoms with E-state index >= 15 is 0 Å². The quantitative estimate of drug-likeness (QED) is 0.523. The maximum atomic E-state index is 12.0. The number of rotatable bonds is 9. The Balaban J connectivity index is 2.55. The number of ether oxygens (including phenoxy) is 1. The molecule has 0 radical (unpaired) electrons. The van der Waals surface area contributed by atoms with Crippen molar-refractivity contribution in [1.82, 2.24) is 10.2 Å². The predicted molar refractivity (Wildman–Crippen MR) is 96.4 cm³/mol. The average molecular weight is 349 g/mol. The molecular formula is C18H27N3O4. The summed E-state index contributed by atoms with van der Waals surface area (Å²) in [5, 5.41) is 5.05. The first kappa shape index (κ1) is 20.6. The summed E-state index contributed by atoms with van der Waals surface area (Å²) in [4.78, 5) is 37.9. The van der Waals surface area contributed by atoms with Gasteiger partial charge < -0.3 is 20.3 Å². The van der Waals surface area contributed by atoms with Crippen molar-refractivity contribution in [2.24, 2.45) is 0 Å². The van der Waals surface area contributed by atoms with Crippen LogP contribution in [0.4, 0.5) is 5.69 Å². The Kier molecular flexibility index (Phi) is 9.24. The van der Waals surface area contributed by atoms with Gasteiger partial charge in [0.1, 0.15) is 0 Å². The number of methoxy groups -OCH3 is 1. The lowest BCUT2D eigenvalue weighted by molar-refractivity contribution is -0.136. The van der Waals surface area contributed by atoms with Crippen molar-refractivity contribution in [2.75, 3.05) is 38.6 Å². The lowest BCUT2D eigenvalue weighted by Gasteiger charge is -2.20. The average Bonchev–Trinajstić information content (AvgIpc) is 2.61. The Morgan fingerprint density at radius 3 is 2.24 bits per heavy atom. The number of benzene rings is 1. The molecule has 0 saturated carbocycles. The van der Waals surface area contributed by atoms with Gasteiger partial charge in [0.25, 0.3) is 0 Å². The van der Waals surface area contributed by atoms with E-state index in [-0.39, 0.29) is 11.3 Å². The minimum Gasteiger partial charge on any atom is -0.465 e. The maximum Gasteiger partial charge on any atom is 0.339 e. The number of amides is 2. The third-order valence-electron chi connectivity index (χ3n) is 3.58. The van der Waals surface area contributed by atoms with Gasteiger partial charge in [-0.2, -0.15) is 0 Å². The molecule has 25 heavy (non-hydrogen) atoms. The molecule has 0 bridgehead atoms. The highest BCUT2D eigenvalue weighted by Crippen LogP contribution is 2.15. The molecule has 0 saturated heterocycles. The molecule has 0 aromatic heterocycles. The second-order valence-corrected chi connectivity index (χ2v) is 5.59. The van der Waals surface area contributed by atoms with Crippen LogP contribution in [-0.2, 0) is 14.3 Å². The minimum atomic E-state index is -0.811. The smallest absolute Gasteiger partial charge is 0.339 e. The first-order chi connectivity index (χ1) is 12.0. The summed E-state index contributed by atoms with van der Waals surface area (Å²) in [6, 6.07) is 6.37. The SMILES string of the molecule is CCCN(CCC)CCNC(=O)C(=O)Nc1ccccc1C(=O)OC. The number of nitrogens with one attached hydrogen (secondary N) is 2. The molecule has 1 aromatic carbocycles. The molecular weight excluding hydrogens is 322 g/mol.